The van der Waals surface area contributed by atoms with Gasteiger partial charge in [0.05, 0.1) is 26.1 Å². The highest BCUT2D eigenvalue weighted by Gasteiger charge is 2.47. The van der Waals surface area contributed by atoms with Crippen LogP contribution in [0.25, 0.3) is 11.2 Å². The lowest BCUT2D eigenvalue weighted by Crippen LogP contribution is -2.33. The van der Waals surface area contributed by atoms with Crippen molar-refractivity contribution in [2.45, 2.75) is 42.9 Å². The number of nitrogens with one attached hydrogen (secondary N) is 1. The monoisotopic (exact) mass is 737 g/mol. The summed E-state index contributed by atoms with van der Waals surface area (Å²) in [5.74, 6) is -0.276. The number of imidazole rings is 1. The molecule has 0 saturated carbocycles. The summed E-state index contributed by atoms with van der Waals surface area (Å²) in [5, 5.41) is 38.5. The van der Waals surface area contributed by atoms with Gasteiger partial charge in [0.1, 0.15) is 36.6 Å². The molecule has 258 valence electrons. The highest BCUT2D eigenvalue weighted by atomic mass is 31.3. The fourth-order valence-corrected chi connectivity index (χ4v) is 7.05. The number of rotatable bonds is 11. The Morgan fingerprint density at radius 3 is 2.07 bits per heavy atom. The lowest BCUT2D eigenvalue weighted by Gasteiger charge is -2.19. The molecule has 2 saturated heterocycles. The van der Waals surface area contributed by atoms with Gasteiger partial charge in [0.2, 0.25) is 5.95 Å². The zero-order chi connectivity index (χ0) is 34.1. The summed E-state index contributed by atoms with van der Waals surface area (Å²) >= 11 is 0. The second kappa shape index (κ2) is 14.3. The molecule has 13 N–H and O–H groups in total. The van der Waals surface area contributed by atoms with Gasteiger partial charge >= 0.3 is 31.3 Å². The van der Waals surface area contributed by atoms with Crippen LogP contribution in [0.15, 0.2) is 11.1 Å². The fraction of sp³-hybridized carbons (Fsp3) is 0.667. The average Bonchev–Trinajstić information content (AvgIpc) is 3.51. The summed E-state index contributed by atoms with van der Waals surface area (Å²) in [4.78, 5) is 73.9. The minimum Gasteiger partial charge on any atom is -0.388 e. The number of H-pyrrole nitrogens is 1. The Morgan fingerprint density at radius 1 is 0.889 bits per heavy atom. The van der Waals surface area contributed by atoms with E-state index in [0.717, 1.165) is 10.9 Å². The number of aromatic nitrogens is 4. The Kier molecular flexibility index (Phi) is 12.0. The standard InChI is InChI=1S/C10H16N5O14P3.C5H11O7P/c11-10-13-7-4(8(18)14-10)12-2-15(7)9-6(17)5(16)3(27-9)1-26-31(22,23)29-32(24,25)28-30(19,20)21;6-3-1-11-4(5(3)7)2-12-13(8,9)10/h2-3,5-6,9,16-17H,1H2,(H,22,23)(H,24,25)(H2,19,20,21)(H3,11,13,14,18);3-7H,1-2H2,(H2,8,9,10)/t3-,5-,6-,9-;3-,4+,5-/m10/s1. The van der Waals surface area contributed by atoms with E-state index in [0.29, 0.717) is 0 Å². The van der Waals surface area contributed by atoms with Crippen molar-refractivity contribution in [1.82, 2.24) is 19.5 Å². The van der Waals surface area contributed by atoms with Crippen LogP contribution in [-0.2, 0) is 45.4 Å². The summed E-state index contributed by atoms with van der Waals surface area (Å²) in [6.07, 6.45) is -8.40. The van der Waals surface area contributed by atoms with E-state index in [9.17, 15) is 38.2 Å². The number of phosphoric acid groups is 4. The van der Waals surface area contributed by atoms with Crippen LogP contribution in [0.4, 0.5) is 5.95 Å². The van der Waals surface area contributed by atoms with Gasteiger partial charge in [-0.3, -0.25) is 23.4 Å². The minimum atomic E-state index is -5.73. The fourth-order valence-electron chi connectivity index (χ4n) is 3.68. The molecule has 26 nitrogen and oxygen atoms in total. The van der Waals surface area contributed by atoms with Crippen molar-refractivity contribution in [1.29, 1.82) is 0 Å². The van der Waals surface area contributed by atoms with E-state index in [4.69, 9.17) is 49.9 Å². The van der Waals surface area contributed by atoms with Gasteiger partial charge in [-0.25, -0.2) is 23.2 Å². The normalized spacial score (nSPS) is 30.0. The Bertz CT molecular complexity index is 1590. The van der Waals surface area contributed by atoms with Crippen molar-refractivity contribution in [3.05, 3.63) is 16.7 Å². The highest BCUT2D eigenvalue weighted by molar-refractivity contribution is 7.66. The molecule has 2 aromatic rings. The third-order valence-corrected chi connectivity index (χ3v) is 9.83. The molecule has 30 heteroatoms. The molecule has 0 aromatic carbocycles. The number of phosphoric ester groups is 2. The highest BCUT2D eigenvalue weighted by Crippen LogP contribution is 2.66. The SMILES string of the molecule is Nc1nc2c(ncn2[C@@H]2O[C@H](COP(=O)(O)OP(=O)(O)OP(=O)(O)O)[C@@H](O)[C@H]2O)c(=O)[nH]1.O=P(O)(O)OC[C@H]1OC[C@H](O)[C@@H]1O. The average molecular weight is 737 g/mol. The van der Waals surface area contributed by atoms with Gasteiger partial charge in [-0.2, -0.15) is 13.6 Å². The van der Waals surface area contributed by atoms with Crippen molar-refractivity contribution < 1.29 is 95.2 Å². The first-order valence-electron chi connectivity index (χ1n) is 11.7. The number of ether oxygens (including phenoxy) is 2. The van der Waals surface area contributed by atoms with Crippen LogP contribution in [-0.4, -0.2) is 126 Å². The van der Waals surface area contributed by atoms with Gasteiger partial charge in [0.15, 0.2) is 17.4 Å². The molecule has 2 aliphatic rings. The Morgan fingerprint density at radius 2 is 1.51 bits per heavy atom. The maximum absolute atomic E-state index is 11.9. The van der Waals surface area contributed by atoms with Crippen molar-refractivity contribution in [3.8, 4) is 0 Å². The predicted molar refractivity (Wildman–Crippen MR) is 138 cm³/mol. The quantitative estimate of drug-likeness (QED) is 0.0974. The lowest BCUT2D eigenvalue weighted by molar-refractivity contribution is -0.0503. The molecule has 2 aromatic heterocycles. The molecule has 0 amide bonds. The molecular weight excluding hydrogens is 710 g/mol. The Hall–Kier alpha value is -1.57. The molecule has 0 bridgehead atoms. The van der Waals surface area contributed by atoms with Crippen LogP contribution < -0.4 is 11.3 Å². The van der Waals surface area contributed by atoms with Crippen molar-refractivity contribution in [2.24, 2.45) is 0 Å². The van der Waals surface area contributed by atoms with Crippen molar-refractivity contribution in [2.75, 3.05) is 25.6 Å². The summed E-state index contributed by atoms with van der Waals surface area (Å²) in [6, 6.07) is 0. The number of hydrogen-bond acceptors (Lipinski definition) is 18. The van der Waals surface area contributed by atoms with Crippen LogP contribution in [0.3, 0.4) is 0 Å². The number of nitrogens with zero attached hydrogens (tertiary/aromatic N) is 3. The summed E-state index contributed by atoms with van der Waals surface area (Å²) < 4.78 is 70.8. The molecule has 0 spiro atoms. The van der Waals surface area contributed by atoms with Crippen LogP contribution in [0.2, 0.25) is 0 Å². The molecule has 2 unspecified atom stereocenters. The molecule has 4 heterocycles. The molecule has 0 radical (unpaired) electrons. The zero-order valence-corrected chi connectivity index (χ0v) is 25.5. The zero-order valence-electron chi connectivity index (χ0n) is 21.9. The molecular formula is C15H27N5O21P4. The number of aliphatic hydroxyl groups is 4. The molecule has 2 aliphatic heterocycles. The molecule has 45 heavy (non-hydrogen) atoms. The van der Waals surface area contributed by atoms with Gasteiger partial charge in [-0.05, 0) is 0 Å². The van der Waals surface area contributed by atoms with Gasteiger partial charge in [0.25, 0.3) is 5.56 Å². The smallest absolute Gasteiger partial charge is 0.388 e. The molecule has 4 rings (SSSR count). The Balaban J connectivity index is 0.000000355. The topological polar surface area (TPSA) is 416 Å². The van der Waals surface area contributed by atoms with E-state index < -0.39 is 92.9 Å². The second-order valence-electron chi connectivity index (χ2n) is 8.92. The molecule has 0 aliphatic carbocycles. The van der Waals surface area contributed by atoms with E-state index in [1.54, 1.807) is 0 Å². The van der Waals surface area contributed by atoms with Gasteiger partial charge < -0.3 is 65.0 Å². The largest absolute Gasteiger partial charge is 0.490 e. The number of aromatic amines is 1. The van der Waals surface area contributed by atoms with Gasteiger partial charge in [-0.1, -0.05) is 0 Å². The van der Waals surface area contributed by atoms with Gasteiger partial charge in [0, 0.05) is 0 Å². The van der Waals surface area contributed by atoms with E-state index in [-0.39, 0.29) is 23.7 Å². The first-order valence-corrected chi connectivity index (χ1v) is 17.7. The third kappa shape index (κ3) is 10.7. The van der Waals surface area contributed by atoms with Crippen molar-refractivity contribution >= 4 is 48.4 Å². The molecule has 2 fully saturated rings. The maximum atomic E-state index is 11.9. The van der Waals surface area contributed by atoms with E-state index in [1.807, 2.05) is 0 Å². The number of hydrogen-bond donors (Lipinski definition) is 12. The lowest BCUT2D eigenvalue weighted by atomic mass is 10.1. The first-order chi connectivity index (χ1) is 20.5. The van der Waals surface area contributed by atoms with E-state index in [2.05, 4.69) is 32.6 Å². The summed E-state index contributed by atoms with van der Waals surface area (Å²) in [5.41, 5.74) is 4.50. The molecule has 9 atom stereocenters. The van der Waals surface area contributed by atoms with Crippen LogP contribution in [0, 0.1) is 0 Å². The Labute approximate surface area is 248 Å². The van der Waals surface area contributed by atoms with E-state index in [1.165, 1.54) is 0 Å². The van der Waals surface area contributed by atoms with E-state index >= 15 is 0 Å². The number of nitrogen functional groups attached to an aromatic ring is 1. The number of aliphatic hydroxyl groups excluding tert-OH is 4. The second-order valence-corrected chi connectivity index (χ2v) is 14.6. The number of fused-ring (bicyclic) bond motifs is 1. The number of anilines is 1. The van der Waals surface area contributed by atoms with Crippen LogP contribution >= 0.6 is 31.3 Å². The third-order valence-electron chi connectivity index (χ3n) is 5.54. The van der Waals surface area contributed by atoms with Crippen molar-refractivity contribution in [3.63, 3.8) is 0 Å². The minimum absolute atomic E-state index is 0.0592. The maximum Gasteiger partial charge on any atom is 0.490 e. The van der Waals surface area contributed by atoms with Gasteiger partial charge in [-0.15, -0.1) is 0 Å². The van der Waals surface area contributed by atoms with Crippen LogP contribution in [0.5, 0.6) is 0 Å². The number of nitrogens with two attached hydrogens (primary N) is 1. The van der Waals surface area contributed by atoms with Crippen LogP contribution in [0.1, 0.15) is 6.23 Å². The predicted octanol–water partition coefficient (Wildman–Crippen LogP) is -4.12. The summed E-state index contributed by atoms with van der Waals surface area (Å²) in [7, 11) is -21.3. The summed E-state index contributed by atoms with van der Waals surface area (Å²) in [6.45, 7) is -1.51. The first kappa shape index (κ1) is 37.9.